The van der Waals surface area contributed by atoms with Crippen LogP contribution in [-0.2, 0) is 6.42 Å². The smallest absolute Gasteiger partial charge is 0.193 e. The highest BCUT2D eigenvalue weighted by molar-refractivity contribution is 5.80. The van der Waals surface area contributed by atoms with Crippen molar-refractivity contribution in [2.45, 2.75) is 33.1 Å². The molecule has 1 N–H and O–H groups in total. The van der Waals surface area contributed by atoms with Crippen molar-refractivity contribution < 1.29 is 4.52 Å². The molecule has 1 aromatic rings. The molecule has 1 aromatic heterocycles. The number of aromatic nitrogens is 1. The van der Waals surface area contributed by atoms with Crippen molar-refractivity contribution in [2.75, 3.05) is 26.7 Å². The standard InChI is InChI=1S/C13H22N4O/c1-10-12(11(2)18-16-10)6-7-15-13(14-3)17-8-4-5-9-17/h4-9H2,1-3H3,(H,14,15). The highest BCUT2D eigenvalue weighted by Crippen LogP contribution is 2.12. The minimum Gasteiger partial charge on any atom is -0.361 e. The van der Waals surface area contributed by atoms with Gasteiger partial charge in [-0.15, -0.1) is 0 Å². The average molecular weight is 250 g/mol. The average Bonchev–Trinajstić information content (AvgIpc) is 2.98. The summed E-state index contributed by atoms with van der Waals surface area (Å²) in [5.74, 6) is 1.93. The Labute approximate surface area is 108 Å². The number of aryl methyl sites for hydroxylation is 2. The number of hydrogen-bond acceptors (Lipinski definition) is 3. The summed E-state index contributed by atoms with van der Waals surface area (Å²) < 4.78 is 5.16. The van der Waals surface area contributed by atoms with Crippen LogP contribution in [-0.4, -0.2) is 42.7 Å². The van der Waals surface area contributed by atoms with Crippen LogP contribution in [0.15, 0.2) is 9.52 Å². The number of likely N-dealkylation sites (tertiary alicyclic amines) is 1. The molecule has 0 atom stereocenters. The molecular weight excluding hydrogens is 228 g/mol. The molecule has 1 aliphatic heterocycles. The predicted octanol–water partition coefficient (Wildman–Crippen LogP) is 1.51. The maximum atomic E-state index is 5.16. The molecule has 0 aromatic carbocycles. The Morgan fingerprint density at radius 1 is 1.39 bits per heavy atom. The van der Waals surface area contributed by atoms with Crippen molar-refractivity contribution in [3.8, 4) is 0 Å². The number of nitrogens with zero attached hydrogens (tertiary/aromatic N) is 3. The largest absolute Gasteiger partial charge is 0.361 e. The lowest BCUT2D eigenvalue weighted by Crippen LogP contribution is -2.40. The van der Waals surface area contributed by atoms with Gasteiger partial charge in [0.2, 0.25) is 0 Å². The number of guanidine groups is 1. The second-order valence-electron chi connectivity index (χ2n) is 4.72. The Kier molecular flexibility index (Phi) is 4.23. The van der Waals surface area contributed by atoms with Gasteiger partial charge in [0.1, 0.15) is 5.76 Å². The lowest BCUT2D eigenvalue weighted by Gasteiger charge is -2.20. The highest BCUT2D eigenvalue weighted by Gasteiger charge is 2.15. The van der Waals surface area contributed by atoms with E-state index in [2.05, 4.69) is 20.4 Å². The van der Waals surface area contributed by atoms with Gasteiger partial charge in [-0.1, -0.05) is 5.16 Å². The Balaban J connectivity index is 1.84. The summed E-state index contributed by atoms with van der Waals surface area (Å²) >= 11 is 0. The first-order valence-electron chi connectivity index (χ1n) is 6.59. The van der Waals surface area contributed by atoms with Crippen LogP contribution in [0.4, 0.5) is 0 Å². The third-order valence-corrected chi connectivity index (χ3v) is 3.46. The normalized spacial score (nSPS) is 16.4. The molecule has 0 radical (unpaired) electrons. The quantitative estimate of drug-likeness (QED) is 0.652. The fourth-order valence-electron chi connectivity index (χ4n) is 2.42. The van der Waals surface area contributed by atoms with E-state index in [4.69, 9.17) is 4.52 Å². The zero-order valence-corrected chi connectivity index (χ0v) is 11.5. The van der Waals surface area contributed by atoms with E-state index in [1.54, 1.807) is 0 Å². The molecule has 2 heterocycles. The van der Waals surface area contributed by atoms with Crippen molar-refractivity contribution in [1.29, 1.82) is 0 Å². The van der Waals surface area contributed by atoms with Crippen molar-refractivity contribution in [3.63, 3.8) is 0 Å². The van der Waals surface area contributed by atoms with Crippen LogP contribution in [0.5, 0.6) is 0 Å². The third kappa shape index (κ3) is 2.83. The van der Waals surface area contributed by atoms with Gasteiger partial charge in [-0.05, 0) is 33.1 Å². The number of nitrogens with one attached hydrogen (secondary N) is 1. The molecule has 5 nitrogen and oxygen atoms in total. The van der Waals surface area contributed by atoms with Gasteiger partial charge in [0, 0.05) is 32.2 Å². The molecule has 100 valence electrons. The van der Waals surface area contributed by atoms with E-state index >= 15 is 0 Å². The van der Waals surface area contributed by atoms with E-state index in [1.165, 1.54) is 18.4 Å². The van der Waals surface area contributed by atoms with E-state index < -0.39 is 0 Å². The fourth-order valence-corrected chi connectivity index (χ4v) is 2.42. The van der Waals surface area contributed by atoms with E-state index in [9.17, 15) is 0 Å². The Bertz CT molecular complexity index is 399. The van der Waals surface area contributed by atoms with Crippen LogP contribution in [0.3, 0.4) is 0 Å². The molecule has 0 saturated carbocycles. The summed E-state index contributed by atoms with van der Waals surface area (Å²) in [6, 6.07) is 0. The lowest BCUT2D eigenvalue weighted by molar-refractivity contribution is 0.392. The highest BCUT2D eigenvalue weighted by atomic mass is 16.5. The van der Waals surface area contributed by atoms with Crippen molar-refractivity contribution in [1.82, 2.24) is 15.4 Å². The summed E-state index contributed by atoms with van der Waals surface area (Å²) in [6.07, 6.45) is 3.46. The zero-order chi connectivity index (χ0) is 13.0. The van der Waals surface area contributed by atoms with Crippen LogP contribution in [0.25, 0.3) is 0 Å². The zero-order valence-electron chi connectivity index (χ0n) is 11.5. The fraction of sp³-hybridized carbons (Fsp3) is 0.692. The number of rotatable bonds is 3. The molecule has 1 fully saturated rings. The van der Waals surface area contributed by atoms with E-state index in [0.717, 1.165) is 43.5 Å². The second kappa shape index (κ2) is 5.89. The van der Waals surface area contributed by atoms with E-state index in [0.29, 0.717) is 0 Å². The van der Waals surface area contributed by atoms with Crippen molar-refractivity contribution >= 4 is 5.96 Å². The SMILES string of the molecule is CN=C(NCCc1c(C)noc1C)N1CCCC1. The first-order valence-corrected chi connectivity index (χ1v) is 6.59. The first-order chi connectivity index (χ1) is 8.72. The van der Waals surface area contributed by atoms with Gasteiger partial charge in [-0.3, -0.25) is 4.99 Å². The summed E-state index contributed by atoms with van der Waals surface area (Å²) in [4.78, 5) is 6.64. The first kappa shape index (κ1) is 12.9. The molecule has 1 saturated heterocycles. The van der Waals surface area contributed by atoms with Gasteiger partial charge < -0.3 is 14.7 Å². The number of aliphatic imine (C=N–C) groups is 1. The molecule has 0 aliphatic carbocycles. The molecule has 18 heavy (non-hydrogen) atoms. The van der Waals surface area contributed by atoms with Gasteiger partial charge in [0.05, 0.1) is 5.69 Å². The summed E-state index contributed by atoms with van der Waals surface area (Å²) in [5.41, 5.74) is 2.20. The van der Waals surface area contributed by atoms with Crippen LogP contribution in [0, 0.1) is 13.8 Å². The topological polar surface area (TPSA) is 53.7 Å². The molecule has 0 bridgehead atoms. The molecule has 0 spiro atoms. The minimum absolute atomic E-state index is 0.867. The molecule has 2 rings (SSSR count). The van der Waals surface area contributed by atoms with Gasteiger partial charge >= 0.3 is 0 Å². The van der Waals surface area contributed by atoms with E-state index in [1.807, 2.05) is 20.9 Å². The minimum atomic E-state index is 0.867. The molecule has 0 amide bonds. The predicted molar refractivity (Wildman–Crippen MR) is 71.8 cm³/mol. The van der Waals surface area contributed by atoms with Gasteiger partial charge in [0.25, 0.3) is 0 Å². The molecule has 5 heteroatoms. The van der Waals surface area contributed by atoms with Crippen LogP contribution >= 0.6 is 0 Å². The maximum absolute atomic E-state index is 5.16. The van der Waals surface area contributed by atoms with Crippen LogP contribution < -0.4 is 5.32 Å². The number of hydrogen-bond donors (Lipinski definition) is 1. The Morgan fingerprint density at radius 2 is 2.11 bits per heavy atom. The van der Waals surface area contributed by atoms with Crippen molar-refractivity contribution in [3.05, 3.63) is 17.0 Å². The maximum Gasteiger partial charge on any atom is 0.193 e. The molecule has 1 aliphatic rings. The summed E-state index contributed by atoms with van der Waals surface area (Å²) in [7, 11) is 1.84. The third-order valence-electron chi connectivity index (χ3n) is 3.46. The Morgan fingerprint density at radius 3 is 2.67 bits per heavy atom. The van der Waals surface area contributed by atoms with E-state index in [-0.39, 0.29) is 0 Å². The van der Waals surface area contributed by atoms with Crippen molar-refractivity contribution in [2.24, 2.45) is 4.99 Å². The Hall–Kier alpha value is -1.52. The van der Waals surface area contributed by atoms with Gasteiger partial charge in [-0.2, -0.15) is 0 Å². The van der Waals surface area contributed by atoms with Crippen LogP contribution in [0.1, 0.15) is 29.9 Å². The van der Waals surface area contributed by atoms with Crippen LogP contribution in [0.2, 0.25) is 0 Å². The second-order valence-corrected chi connectivity index (χ2v) is 4.72. The molecule has 0 unspecified atom stereocenters. The van der Waals surface area contributed by atoms with Gasteiger partial charge in [-0.25, -0.2) is 0 Å². The molecular formula is C13H22N4O. The monoisotopic (exact) mass is 250 g/mol. The summed E-state index contributed by atoms with van der Waals surface area (Å²) in [5, 5.41) is 7.38. The van der Waals surface area contributed by atoms with Gasteiger partial charge in [0.15, 0.2) is 5.96 Å². The summed E-state index contributed by atoms with van der Waals surface area (Å²) in [6.45, 7) is 7.05. The lowest BCUT2D eigenvalue weighted by atomic mass is 10.1.